The number of amides is 1. The molecule has 2 aliphatic rings. The highest BCUT2D eigenvalue weighted by Gasteiger charge is 2.54. The number of aliphatic hydroxyl groups excluding tert-OH is 2. The third-order valence-electron chi connectivity index (χ3n) is 5.59. The molecule has 0 bridgehead atoms. The molecule has 4 nitrogen and oxygen atoms in total. The molecule has 1 amide bonds. The topological polar surface area (TPSA) is 60.8 Å². The maximum absolute atomic E-state index is 12.8. The lowest BCUT2D eigenvalue weighted by Crippen LogP contribution is -2.61. The van der Waals surface area contributed by atoms with Crippen LogP contribution in [-0.2, 0) is 11.2 Å². The highest BCUT2D eigenvalue weighted by Crippen LogP contribution is 2.49. The Labute approximate surface area is 135 Å². The van der Waals surface area contributed by atoms with Gasteiger partial charge in [-0.25, -0.2) is 4.39 Å². The Hall–Kier alpha value is -1.46. The van der Waals surface area contributed by atoms with Gasteiger partial charge < -0.3 is 15.1 Å². The molecule has 1 saturated heterocycles. The Morgan fingerprint density at radius 3 is 2.35 bits per heavy atom. The predicted octanol–water partition coefficient (Wildman–Crippen LogP) is 1.88. The zero-order valence-electron chi connectivity index (χ0n) is 13.2. The summed E-state index contributed by atoms with van der Waals surface area (Å²) in [5.41, 5.74) is 0.669. The first-order chi connectivity index (χ1) is 11.0. The summed E-state index contributed by atoms with van der Waals surface area (Å²) in [6, 6.07) is 6.39. The number of carbonyl (C=O) groups is 1. The van der Waals surface area contributed by atoms with Gasteiger partial charge in [-0.15, -0.1) is 0 Å². The van der Waals surface area contributed by atoms with Crippen molar-refractivity contribution in [3.63, 3.8) is 0 Å². The maximum Gasteiger partial charge on any atom is 0.222 e. The van der Waals surface area contributed by atoms with Gasteiger partial charge in [0, 0.05) is 31.3 Å². The molecule has 1 saturated carbocycles. The average molecular weight is 321 g/mol. The van der Waals surface area contributed by atoms with E-state index in [-0.39, 0.29) is 17.1 Å². The highest BCUT2D eigenvalue weighted by atomic mass is 19.1. The van der Waals surface area contributed by atoms with Gasteiger partial charge in [0.2, 0.25) is 5.91 Å². The number of aliphatic hydroxyl groups is 2. The van der Waals surface area contributed by atoms with Crippen molar-refractivity contribution >= 4 is 5.91 Å². The van der Waals surface area contributed by atoms with Crippen LogP contribution in [0.3, 0.4) is 0 Å². The van der Waals surface area contributed by atoms with E-state index < -0.39 is 12.2 Å². The summed E-state index contributed by atoms with van der Waals surface area (Å²) in [7, 11) is 0. The van der Waals surface area contributed by atoms with Gasteiger partial charge in [-0.2, -0.15) is 0 Å². The quantitative estimate of drug-likeness (QED) is 0.890. The number of hydrogen-bond donors (Lipinski definition) is 2. The number of carbonyl (C=O) groups excluding carboxylic acids is 1. The van der Waals surface area contributed by atoms with Gasteiger partial charge in [0.05, 0.1) is 12.2 Å². The lowest BCUT2D eigenvalue weighted by molar-refractivity contribution is -0.191. The largest absolute Gasteiger partial charge is 0.392 e. The predicted molar refractivity (Wildman–Crippen MR) is 84.2 cm³/mol. The van der Waals surface area contributed by atoms with Crippen molar-refractivity contribution < 1.29 is 19.4 Å². The molecule has 2 N–H and O–H groups in total. The fourth-order valence-electron chi connectivity index (χ4n) is 3.83. The molecule has 1 heterocycles. The maximum atomic E-state index is 12.8. The first kappa shape index (κ1) is 16.4. The second-order valence-corrected chi connectivity index (χ2v) is 6.86. The monoisotopic (exact) mass is 321 g/mol. The van der Waals surface area contributed by atoms with Crippen LogP contribution in [0.15, 0.2) is 24.3 Å². The molecule has 1 spiro atoms. The molecule has 0 unspecified atom stereocenters. The van der Waals surface area contributed by atoms with Crippen molar-refractivity contribution in [2.75, 3.05) is 13.1 Å². The highest BCUT2D eigenvalue weighted by molar-refractivity contribution is 5.76. The summed E-state index contributed by atoms with van der Waals surface area (Å²) >= 11 is 0. The molecular weight excluding hydrogens is 297 g/mol. The number of halogens is 1. The molecule has 0 radical (unpaired) electrons. The minimum atomic E-state index is -0.423. The lowest BCUT2D eigenvalue weighted by atomic mass is 9.58. The Morgan fingerprint density at radius 1 is 1.17 bits per heavy atom. The molecule has 2 atom stereocenters. The minimum absolute atomic E-state index is 0.130. The second-order valence-electron chi connectivity index (χ2n) is 6.86. The minimum Gasteiger partial charge on any atom is -0.392 e. The van der Waals surface area contributed by atoms with Crippen molar-refractivity contribution in [3.8, 4) is 0 Å². The summed E-state index contributed by atoms with van der Waals surface area (Å²) in [6.45, 7) is 1.23. The van der Waals surface area contributed by atoms with Gasteiger partial charge in [-0.3, -0.25) is 4.79 Å². The summed E-state index contributed by atoms with van der Waals surface area (Å²) in [5, 5.41) is 19.8. The van der Waals surface area contributed by atoms with Crippen LogP contribution in [0.2, 0.25) is 0 Å². The Balaban J connectivity index is 1.42. The van der Waals surface area contributed by atoms with Crippen LogP contribution in [-0.4, -0.2) is 46.3 Å². The summed E-state index contributed by atoms with van der Waals surface area (Å²) < 4.78 is 12.8. The molecule has 1 aliphatic carbocycles. The molecule has 2 fully saturated rings. The van der Waals surface area contributed by atoms with Crippen LogP contribution in [0.5, 0.6) is 0 Å². The first-order valence-electron chi connectivity index (χ1n) is 8.39. The van der Waals surface area contributed by atoms with E-state index in [1.807, 2.05) is 4.90 Å². The third kappa shape index (κ3) is 3.26. The third-order valence-corrected chi connectivity index (χ3v) is 5.59. The molecular formula is C18H24FNO3. The summed E-state index contributed by atoms with van der Waals surface area (Å²) in [4.78, 5) is 14.1. The van der Waals surface area contributed by atoms with E-state index in [9.17, 15) is 19.4 Å². The van der Waals surface area contributed by atoms with Crippen LogP contribution in [0.4, 0.5) is 4.39 Å². The second kappa shape index (κ2) is 6.57. The van der Waals surface area contributed by atoms with Crippen LogP contribution >= 0.6 is 0 Å². The van der Waals surface area contributed by atoms with E-state index in [2.05, 4.69) is 0 Å². The molecule has 5 heteroatoms. The van der Waals surface area contributed by atoms with Gasteiger partial charge in [-0.05, 0) is 43.4 Å². The van der Waals surface area contributed by atoms with Crippen molar-refractivity contribution in [2.45, 2.75) is 50.7 Å². The van der Waals surface area contributed by atoms with Crippen molar-refractivity contribution in [2.24, 2.45) is 5.41 Å². The van der Waals surface area contributed by atoms with Crippen molar-refractivity contribution in [3.05, 3.63) is 35.6 Å². The van der Waals surface area contributed by atoms with Gasteiger partial charge in [0.25, 0.3) is 0 Å². The number of aryl methyl sites for hydroxylation is 1. The van der Waals surface area contributed by atoms with Crippen molar-refractivity contribution in [1.29, 1.82) is 0 Å². The SMILES string of the molecule is O=C(CCCc1ccc(F)cc1)N1CCC2(CC1)[C@H](O)C[C@@H]2O. The fourth-order valence-corrected chi connectivity index (χ4v) is 3.83. The van der Waals surface area contributed by atoms with Gasteiger partial charge in [-0.1, -0.05) is 12.1 Å². The summed E-state index contributed by atoms with van der Waals surface area (Å²) in [6.07, 6.45) is 2.97. The Kier molecular flexibility index (Phi) is 4.69. The normalized spacial score (nSPS) is 26.1. The van der Waals surface area contributed by atoms with E-state index in [0.717, 1.165) is 18.4 Å². The number of hydrogen-bond acceptors (Lipinski definition) is 3. The van der Waals surface area contributed by atoms with Gasteiger partial charge in [0.15, 0.2) is 0 Å². The first-order valence-corrected chi connectivity index (χ1v) is 8.39. The Morgan fingerprint density at radius 2 is 1.78 bits per heavy atom. The zero-order chi connectivity index (χ0) is 16.4. The number of piperidine rings is 1. The fraction of sp³-hybridized carbons (Fsp3) is 0.611. The van der Waals surface area contributed by atoms with Crippen molar-refractivity contribution in [1.82, 2.24) is 4.90 Å². The lowest BCUT2D eigenvalue weighted by Gasteiger charge is -2.55. The molecule has 23 heavy (non-hydrogen) atoms. The smallest absolute Gasteiger partial charge is 0.222 e. The van der Waals surface area contributed by atoms with E-state index in [1.165, 1.54) is 12.1 Å². The molecule has 1 aromatic carbocycles. The Bertz CT molecular complexity index is 542. The van der Waals surface area contributed by atoms with Gasteiger partial charge in [0.1, 0.15) is 5.82 Å². The number of likely N-dealkylation sites (tertiary alicyclic amines) is 1. The standard InChI is InChI=1S/C18H24FNO3/c19-14-6-4-13(5-7-14)2-1-3-17(23)20-10-8-18(9-11-20)15(21)12-16(18)22/h4-7,15-16,21-22H,1-3,8-12H2/t15-,16+. The molecule has 3 rings (SSSR count). The molecule has 1 aliphatic heterocycles. The van der Waals surface area contributed by atoms with E-state index in [4.69, 9.17) is 0 Å². The van der Waals surface area contributed by atoms with Crippen LogP contribution in [0.1, 0.15) is 37.7 Å². The summed E-state index contributed by atoms with van der Waals surface area (Å²) in [5.74, 6) is -0.113. The number of rotatable bonds is 4. The van der Waals surface area contributed by atoms with Crippen LogP contribution < -0.4 is 0 Å². The van der Waals surface area contributed by atoms with E-state index in [1.54, 1.807) is 12.1 Å². The molecule has 126 valence electrons. The van der Waals surface area contributed by atoms with Gasteiger partial charge >= 0.3 is 0 Å². The van der Waals surface area contributed by atoms with Crippen LogP contribution in [0, 0.1) is 11.2 Å². The molecule has 1 aromatic rings. The number of nitrogens with zero attached hydrogens (tertiary/aromatic N) is 1. The average Bonchev–Trinajstić information content (AvgIpc) is 2.57. The van der Waals surface area contributed by atoms with E-state index >= 15 is 0 Å². The zero-order valence-corrected chi connectivity index (χ0v) is 13.2. The number of benzene rings is 1. The molecule has 0 aromatic heterocycles. The van der Waals surface area contributed by atoms with Crippen LogP contribution in [0.25, 0.3) is 0 Å². The van der Waals surface area contributed by atoms with E-state index in [0.29, 0.717) is 38.8 Å².